The van der Waals surface area contributed by atoms with Crippen LogP contribution < -0.4 is 0 Å². The first-order valence-electron chi connectivity index (χ1n) is 5.64. The van der Waals surface area contributed by atoms with E-state index >= 15 is 0 Å². The summed E-state index contributed by atoms with van der Waals surface area (Å²) < 4.78 is 5.70. The zero-order chi connectivity index (χ0) is 10.3. The Bertz CT molecular complexity index is 108. The van der Waals surface area contributed by atoms with Crippen LogP contribution in [0.1, 0.15) is 53.9 Å². The van der Waals surface area contributed by atoms with Gasteiger partial charge in [-0.15, -0.1) is 0 Å². The Balaban J connectivity index is 3.25. The van der Waals surface area contributed by atoms with E-state index < -0.39 is 0 Å². The van der Waals surface area contributed by atoms with Crippen LogP contribution >= 0.6 is 0 Å². The van der Waals surface area contributed by atoms with Gasteiger partial charge >= 0.3 is 0 Å². The van der Waals surface area contributed by atoms with Crippen molar-refractivity contribution in [2.75, 3.05) is 6.61 Å². The van der Waals surface area contributed by atoms with E-state index in [2.05, 4.69) is 34.6 Å². The summed E-state index contributed by atoms with van der Waals surface area (Å²) in [6.07, 6.45) is 4.12. The monoisotopic (exact) mass is 186 g/mol. The van der Waals surface area contributed by atoms with Crippen LogP contribution in [0.25, 0.3) is 0 Å². The quantitative estimate of drug-likeness (QED) is 0.586. The Kier molecular flexibility index (Phi) is 7.35. The lowest BCUT2D eigenvalue weighted by molar-refractivity contribution is 0.0499. The fraction of sp³-hybridized carbons (Fsp3) is 1.00. The predicted molar refractivity (Wildman–Crippen MR) is 58.9 cm³/mol. The largest absolute Gasteiger partial charge is 0.379 e. The van der Waals surface area contributed by atoms with E-state index in [9.17, 15) is 0 Å². The van der Waals surface area contributed by atoms with E-state index in [1.54, 1.807) is 0 Å². The lowest BCUT2D eigenvalue weighted by atomic mass is 10.1. The summed E-state index contributed by atoms with van der Waals surface area (Å²) >= 11 is 0. The van der Waals surface area contributed by atoms with E-state index in [1.165, 1.54) is 19.3 Å². The van der Waals surface area contributed by atoms with Crippen molar-refractivity contribution >= 4 is 0 Å². The first-order valence-corrected chi connectivity index (χ1v) is 5.64. The molecule has 0 heterocycles. The van der Waals surface area contributed by atoms with E-state index in [1.807, 2.05) is 0 Å². The van der Waals surface area contributed by atoms with Crippen molar-refractivity contribution in [2.45, 2.75) is 60.0 Å². The molecular weight excluding hydrogens is 160 g/mol. The van der Waals surface area contributed by atoms with Gasteiger partial charge in [0.15, 0.2) is 0 Å². The third-order valence-corrected chi connectivity index (χ3v) is 2.25. The molecule has 0 spiro atoms. The summed E-state index contributed by atoms with van der Waals surface area (Å²) in [7, 11) is 0. The van der Waals surface area contributed by atoms with E-state index in [-0.39, 0.29) is 0 Å². The highest BCUT2D eigenvalue weighted by Gasteiger charge is 2.04. The van der Waals surface area contributed by atoms with Crippen molar-refractivity contribution in [1.82, 2.24) is 0 Å². The van der Waals surface area contributed by atoms with Gasteiger partial charge in [0.2, 0.25) is 0 Å². The number of hydrogen-bond donors (Lipinski definition) is 0. The van der Waals surface area contributed by atoms with Crippen LogP contribution in [-0.2, 0) is 4.74 Å². The highest BCUT2D eigenvalue weighted by Crippen LogP contribution is 2.10. The number of rotatable bonds is 7. The molecule has 1 unspecified atom stereocenters. The minimum atomic E-state index is 0.446. The maximum absolute atomic E-state index is 5.70. The third-order valence-electron chi connectivity index (χ3n) is 2.25. The summed E-state index contributed by atoms with van der Waals surface area (Å²) in [5.74, 6) is 1.56. The summed E-state index contributed by atoms with van der Waals surface area (Å²) in [5, 5.41) is 0. The van der Waals surface area contributed by atoms with Crippen LogP contribution in [0.2, 0.25) is 0 Å². The van der Waals surface area contributed by atoms with Crippen molar-refractivity contribution in [3.8, 4) is 0 Å². The van der Waals surface area contributed by atoms with Crippen molar-refractivity contribution < 1.29 is 4.74 Å². The Morgan fingerprint density at radius 1 is 0.769 bits per heavy atom. The van der Waals surface area contributed by atoms with Crippen molar-refractivity contribution in [2.24, 2.45) is 11.8 Å². The van der Waals surface area contributed by atoms with E-state index in [0.29, 0.717) is 6.10 Å². The van der Waals surface area contributed by atoms with Gasteiger partial charge < -0.3 is 4.74 Å². The molecule has 0 aromatic heterocycles. The minimum absolute atomic E-state index is 0.446. The minimum Gasteiger partial charge on any atom is -0.379 e. The normalized spacial score (nSPS) is 14.1. The first-order chi connectivity index (χ1) is 6.02. The molecular formula is C12H26O. The Morgan fingerprint density at radius 3 is 1.77 bits per heavy atom. The molecule has 0 saturated heterocycles. The molecule has 80 valence electrons. The average Bonchev–Trinajstić information content (AvgIpc) is 2.00. The Hall–Kier alpha value is -0.0400. The summed E-state index contributed by atoms with van der Waals surface area (Å²) in [6, 6.07) is 0. The van der Waals surface area contributed by atoms with Crippen LogP contribution in [0.5, 0.6) is 0 Å². The molecule has 0 fully saturated rings. The van der Waals surface area contributed by atoms with Gasteiger partial charge in [-0.2, -0.15) is 0 Å². The van der Waals surface area contributed by atoms with Gasteiger partial charge in [0.1, 0.15) is 0 Å². The second-order valence-corrected chi connectivity index (χ2v) is 4.84. The highest BCUT2D eigenvalue weighted by molar-refractivity contribution is 4.54. The maximum Gasteiger partial charge on any atom is 0.0547 e. The van der Waals surface area contributed by atoms with Gasteiger partial charge in [-0.05, 0) is 38.0 Å². The van der Waals surface area contributed by atoms with E-state index in [0.717, 1.165) is 18.4 Å². The zero-order valence-electron chi connectivity index (χ0n) is 9.97. The molecule has 0 rings (SSSR count). The SMILES string of the molecule is CC(C)CCOC(C)CCC(C)C. The van der Waals surface area contributed by atoms with Crippen LogP contribution in [0, 0.1) is 11.8 Å². The van der Waals surface area contributed by atoms with Crippen molar-refractivity contribution in [3.05, 3.63) is 0 Å². The average molecular weight is 186 g/mol. The molecule has 0 aromatic carbocycles. The lowest BCUT2D eigenvalue weighted by Gasteiger charge is -2.14. The molecule has 0 aliphatic carbocycles. The highest BCUT2D eigenvalue weighted by atomic mass is 16.5. The molecule has 0 amide bonds. The van der Waals surface area contributed by atoms with Crippen LogP contribution in [-0.4, -0.2) is 12.7 Å². The van der Waals surface area contributed by atoms with Gasteiger partial charge in [-0.3, -0.25) is 0 Å². The molecule has 1 atom stereocenters. The van der Waals surface area contributed by atoms with Crippen molar-refractivity contribution in [1.29, 1.82) is 0 Å². The second kappa shape index (κ2) is 7.37. The summed E-state index contributed by atoms with van der Waals surface area (Å²) in [5.41, 5.74) is 0. The standard InChI is InChI=1S/C12H26O/c1-10(2)6-7-12(5)13-9-8-11(3)4/h10-12H,6-9H2,1-5H3. The van der Waals surface area contributed by atoms with Gasteiger partial charge in [0.05, 0.1) is 6.10 Å². The van der Waals surface area contributed by atoms with Gasteiger partial charge in [0, 0.05) is 6.61 Å². The molecule has 0 saturated carbocycles. The van der Waals surface area contributed by atoms with Crippen molar-refractivity contribution in [3.63, 3.8) is 0 Å². The fourth-order valence-corrected chi connectivity index (χ4v) is 1.16. The topological polar surface area (TPSA) is 9.23 Å². The van der Waals surface area contributed by atoms with Crippen LogP contribution in [0.3, 0.4) is 0 Å². The van der Waals surface area contributed by atoms with Gasteiger partial charge in [-0.25, -0.2) is 0 Å². The molecule has 13 heavy (non-hydrogen) atoms. The predicted octanol–water partition coefficient (Wildman–Crippen LogP) is 3.87. The maximum atomic E-state index is 5.70. The third kappa shape index (κ3) is 9.88. The molecule has 1 nitrogen and oxygen atoms in total. The molecule has 0 aliphatic rings. The van der Waals surface area contributed by atoms with Gasteiger partial charge in [0.25, 0.3) is 0 Å². The zero-order valence-corrected chi connectivity index (χ0v) is 9.97. The number of hydrogen-bond acceptors (Lipinski definition) is 1. The molecule has 0 radical (unpaired) electrons. The second-order valence-electron chi connectivity index (χ2n) is 4.84. The smallest absolute Gasteiger partial charge is 0.0547 e. The van der Waals surface area contributed by atoms with E-state index in [4.69, 9.17) is 4.74 Å². The summed E-state index contributed by atoms with van der Waals surface area (Å²) in [4.78, 5) is 0. The fourth-order valence-electron chi connectivity index (χ4n) is 1.16. The molecule has 0 bridgehead atoms. The molecule has 1 heteroatoms. The molecule has 0 aliphatic heterocycles. The van der Waals surface area contributed by atoms with Crippen LogP contribution in [0.15, 0.2) is 0 Å². The van der Waals surface area contributed by atoms with Gasteiger partial charge in [-0.1, -0.05) is 27.7 Å². The van der Waals surface area contributed by atoms with Crippen LogP contribution in [0.4, 0.5) is 0 Å². The Labute approximate surface area is 83.9 Å². The number of ether oxygens (including phenoxy) is 1. The lowest BCUT2D eigenvalue weighted by Crippen LogP contribution is -2.11. The summed E-state index contributed by atoms with van der Waals surface area (Å²) in [6.45, 7) is 12.1. The first kappa shape index (κ1) is 13.0. The Morgan fingerprint density at radius 2 is 1.31 bits per heavy atom. The molecule has 0 N–H and O–H groups in total. The molecule has 0 aromatic rings.